The maximum absolute atomic E-state index is 3.53. The highest BCUT2D eigenvalue weighted by atomic mass is 79.9. The van der Waals surface area contributed by atoms with Crippen molar-refractivity contribution in [1.29, 1.82) is 0 Å². The Morgan fingerprint density at radius 2 is 2.00 bits per heavy atom. The van der Waals surface area contributed by atoms with Gasteiger partial charge in [0.15, 0.2) is 0 Å². The zero-order valence-electron chi connectivity index (χ0n) is 8.05. The van der Waals surface area contributed by atoms with Gasteiger partial charge in [0.05, 0.1) is 0 Å². The predicted octanol–water partition coefficient (Wildman–Crippen LogP) is 3.32. The largest absolute Gasteiger partial charge is 0.316 e. The summed E-state index contributed by atoms with van der Waals surface area (Å²) in [6, 6.07) is 12.8. The summed E-state index contributed by atoms with van der Waals surface area (Å²) in [5.74, 6) is 0. The van der Waals surface area contributed by atoms with Crippen molar-refractivity contribution < 1.29 is 0 Å². The van der Waals surface area contributed by atoms with Crippen LogP contribution in [0.3, 0.4) is 0 Å². The minimum atomic E-state index is 0.903. The summed E-state index contributed by atoms with van der Waals surface area (Å²) in [5, 5.41) is 5.79. The predicted molar refractivity (Wildman–Crippen MR) is 64.4 cm³/mol. The Kier molecular flexibility index (Phi) is 2.85. The molecule has 0 radical (unpaired) electrons. The van der Waals surface area contributed by atoms with Crippen LogP contribution in [0.15, 0.2) is 40.9 Å². The van der Waals surface area contributed by atoms with Crippen molar-refractivity contribution in [3.8, 4) is 0 Å². The van der Waals surface area contributed by atoms with Crippen molar-refractivity contribution in [3.05, 3.63) is 46.4 Å². The van der Waals surface area contributed by atoms with Crippen molar-refractivity contribution in [3.63, 3.8) is 0 Å². The summed E-state index contributed by atoms with van der Waals surface area (Å²) in [5.41, 5.74) is 1.33. The highest BCUT2D eigenvalue weighted by molar-refractivity contribution is 9.10. The van der Waals surface area contributed by atoms with E-state index in [1.54, 1.807) is 0 Å². The van der Waals surface area contributed by atoms with Crippen LogP contribution in [0.5, 0.6) is 0 Å². The topological polar surface area (TPSA) is 12.0 Å². The first-order valence-corrected chi connectivity index (χ1v) is 5.42. The van der Waals surface area contributed by atoms with E-state index in [2.05, 4.69) is 57.6 Å². The standard InChI is InChI=1S/C12H12BrN/c1-14-8-10-7-11(13)6-9-4-2-3-5-12(9)10/h2-7,14H,8H2,1H3. The Labute approximate surface area is 92.3 Å². The minimum Gasteiger partial charge on any atom is -0.316 e. The number of nitrogens with one attached hydrogen (secondary N) is 1. The molecule has 0 aliphatic heterocycles. The third kappa shape index (κ3) is 1.81. The Bertz CT molecular complexity index is 451. The zero-order valence-corrected chi connectivity index (χ0v) is 9.64. The highest BCUT2D eigenvalue weighted by Gasteiger charge is 2.01. The molecule has 0 saturated heterocycles. The maximum atomic E-state index is 3.53. The van der Waals surface area contributed by atoms with E-state index in [1.165, 1.54) is 16.3 Å². The molecule has 2 heteroatoms. The summed E-state index contributed by atoms with van der Waals surface area (Å²) in [7, 11) is 1.97. The lowest BCUT2D eigenvalue weighted by Crippen LogP contribution is -2.05. The lowest BCUT2D eigenvalue weighted by molar-refractivity contribution is 0.823. The van der Waals surface area contributed by atoms with E-state index < -0.39 is 0 Å². The van der Waals surface area contributed by atoms with Crippen LogP contribution in [0, 0.1) is 0 Å². The van der Waals surface area contributed by atoms with Gasteiger partial charge in [-0.25, -0.2) is 0 Å². The van der Waals surface area contributed by atoms with Crippen LogP contribution in [0.4, 0.5) is 0 Å². The molecular weight excluding hydrogens is 238 g/mol. The van der Waals surface area contributed by atoms with Crippen molar-refractivity contribution in [2.24, 2.45) is 0 Å². The van der Waals surface area contributed by atoms with E-state index in [9.17, 15) is 0 Å². The quantitative estimate of drug-likeness (QED) is 0.862. The van der Waals surface area contributed by atoms with Gasteiger partial charge in [0.2, 0.25) is 0 Å². The number of hydrogen-bond donors (Lipinski definition) is 1. The molecule has 0 aliphatic rings. The number of fused-ring (bicyclic) bond motifs is 1. The van der Waals surface area contributed by atoms with Crippen LogP contribution < -0.4 is 5.32 Å². The molecule has 1 N–H and O–H groups in total. The second-order valence-electron chi connectivity index (χ2n) is 3.32. The fourth-order valence-corrected chi connectivity index (χ4v) is 2.21. The first-order valence-electron chi connectivity index (χ1n) is 4.63. The SMILES string of the molecule is CNCc1cc(Br)cc2ccccc12. The van der Waals surface area contributed by atoms with Crippen molar-refractivity contribution >= 4 is 26.7 Å². The van der Waals surface area contributed by atoms with Gasteiger partial charge in [-0.1, -0.05) is 40.2 Å². The van der Waals surface area contributed by atoms with Crippen LogP contribution in [-0.2, 0) is 6.54 Å². The lowest BCUT2D eigenvalue weighted by Gasteiger charge is -2.06. The smallest absolute Gasteiger partial charge is 0.0209 e. The molecule has 0 aliphatic carbocycles. The van der Waals surface area contributed by atoms with Crippen molar-refractivity contribution in [1.82, 2.24) is 5.32 Å². The van der Waals surface area contributed by atoms with Crippen LogP contribution in [-0.4, -0.2) is 7.05 Å². The third-order valence-electron chi connectivity index (χ3n) is 2.28. The second kappa shape index (κ2) is 4.11. The van der Waals surface area contributed by atoms with Gasteiger partial charge >= 0.3 is 0 Å². The van der Waals surface area contributed by atoms with Crippen LogP contribution in [0.2, 0.25) is 0 Å². The van der Waals surface area contributed by atoms with Crippen LogP contribution in [0.1, 0.15) is 5.56 Å². The molecule has 0 atom stereocenters. The Morgan fingerprint density at radius 3 is 2.79 bits per heavy atom. The Morgan fingerprint density at radius 1 is 1.21 bits per heavy atom. The number of rotatable bonds is 2. The monoisotopic (exact) mass is 249 g/mol. The first-order chi connectivity index (χ1) is 6.81. The molecule has 0 fully saturated rings. The molecule has 1 nitrogen and oxygen atoms in total. The zero-order chi connectivity index (χ0) is 9.97. The molecule has 14 heavy (non-hydrogen) atoms. The number of halogens is 1. The van der Waals surface area contributed by atoms with Crippen molar-refractivity contribution in [2.75, 3.05) is 7.05 Å². The van der Waals surface area contributed by atoms with Gasteiger partial charge in [0, 0.05) is 11.0 Å². The molecule has 2 rings (SSSR count). The van der Waals surface area contributed by atoms with Gasteiger partial charge in [-0.2, -0.15) is 0 Å². The average Bonchev–Trinajstić information content (AvgIpc) is 2.18. The Balaban J connectivity index is 2.67. The van der Waals surface area contributed by atoms with E-state index in [0.717, 1.165) is 11.0 Å². The van der Waals surface area contributed by atoms with Gasteiger partial charge in [0.25, 0.3) is 0 Å². The third-order valence-corrected chi connectivity index (χ3v) is 2.74. The fraction of sp³-hybridized carbons (Fsp3) is 0.167. The molecule has 2 aromatic carbocycles. The molecule has 2 aromatic rings. The second-order valence-corrected chi connectivity index (χ2v) is 4.23. The molecule has 72 valence electrons. The molecule has 0 bridgehead atoms. The molecule has 0 unspecified atom stereocenters. The fourth-order valence-electron chi connectivity index (χ4n) is 1.69. The molecule has 0 saturated carbocycles. The minimum absolute atomic E-state index is 0.903. The van der Waals surface area contributed by atoms with Crippen LogP contribution >= 0.6 is 15.9 Å². The molecule has 0 spiro atoms. The normalized spacial score (nSPS) is 10.7. The summed E-state index contributed by atoms with van der Waals surface area (Å²) in [6.07, 6.45) is 0. The molecule has 0 heterocycles. The van der Waals surface area contributed by atoms with Gasteiger partial charge in [-0.05, 0) is 35.5 Å². The molecule has 0 aromatic heterocycles. The van der Waals surface area contributed by atoms with E-state index in [4.69, 9.17) is 0 Å². The van der Waals surface area contributed by atoms with Crippen molar-refractivity contribution in [2.45, 2.75) is 6.54 Å². The van der Waals surface area contributed by atoms with E-state index >= 15 is 0 Å². The summed E-state index contributed by atoms with van der Waals surface area (Å²) in [6.45, 7) is 0.903. The number of hydrogen-bond acceptors (Lipinski definition) is 1. The van der Waals surface area contributed by atoms with E-state index in [1.807, 2.05) is 7.05 Å². The van der Waals surface area contributed by atoms with E-state index in [-0.39, 0.29) is 0 Å². The average molecular weight is 250 g/mol. The Hall–Kier alpha value is -0.860. The molecule has 0 amide bonds. The number of benzene rings is 2. The van der Waals surface area contributed by atoms with Gasteiger partial charge in [-0.3, -0.25) is 0 Å². The van der Waals surface area contributed by atoms with Gasteiger partial charge in [-0.15, -0.1) is 0 Å². The van der Waals surface area contributed by atoms with E-state index in [0.29, 0.717) is 0 Å². The van der Waals surface area contributed by atoms with Gasteiger partial charge in [0.1, 0.15) is 0 Å². The van der Waals surface area contributed by atoms with Crippen LogP contribution in [0.25, 0.3) is 10.8 Å². The summed E-state index contributed by atoms with van der Waals surface area (Å²) >= 11 is 3.53. The first kappa shape index (κ1) is 9.69. The molecular formula is C12H12BrN. The van der Waals surface area contributed by atoms with Gasteiger partial charge < -0.3 is 5.32 Å². The maximum Gasteiger partial charge on any atom is 0.0209 e. The summed E-state index contributed by atoms with van der Waals surface area (Å²) < 4.78 is 1.14. The lowest BCUT2D eigenvalue weighted by atomic mass is 10.0. The highest BCUT2D eigenvalue weighted by Crippen LogP contribution is 2.23. The summed E-state index contributed by atoms with van der Waals surface area (Å²) in [4.78, 5) is 0.